The molecular formula is C65H50S5. The quantitative estimate of drug-likeness (QED) is 0.0423. The van der Waals surface area contributed by atoms with Gasteiger partial charge in [-0.25, -0.2) is 0 Å². The summed E-state index contributed by atoms with van der Waals surface area (Å²) in [4.78, 5) is 6.20. The zero-order valence-electron chi connectivity index (χ0n) is 38.9. The number of rotatable bonds is 20. The van der Waals surface area contributed by atoms with E-state index in [2.05, 4.69) is 185 Å². The molecule has 11 aromatic carbocycles. The lowest BCUT2D eigenvalue weighted by Gasteiger charge is -2.18. The number of hydrogen-bond donors (Lipinski definition) is 0. The molecule has 70 heavy (non-hydrogen) atoms. The van der Waals surface area contributed by atoms with Gasteiger partial charge in [0.25, 0.3) is 0 Å². The largest absolute Gasteiger partial charge is 0.122 e. The highest BCUT2D eigenvalue weighted by Gasteiger charge is 2.29. The summed E-state index contributed by atoms with van der Waals surface area (Å²) in [6.07, 6.45) is 9.87. The first-order chi connectivity index (χ1) is 34.5. The van der Waals surface area contributed by atoms with Crippen LogP contribution in [0.4, 0.5) is 0 Å². The third kappa shape index (κ3) is 8.56. The van der Waals surface area contributed by atoms with Gasteiger partial charge in [0.2, 0.25) is 0 Å². The molecule has 0 fully saturated rings. The van der Waals surface area contributed by atoms with Crippen LogP contribution in [0.15, 0.2) is 239 Å². The monoisotopic (exact) mass is 990 g/mol. The summed E-state index contributed by atoms with van der Waals surface area (Å²) in [5, 5.41) is 13.1. The molecule has 0 amide bonds. The van der Waals surface area contributed by atoms with Gasteiger partial charge in [0.15, 0.2) is 0 Å². The smallest absolute Gasteiger partial charge is 0.0158 e. The van der Waals surface area contributed by atoms with E-state index < -0.39 is 0 Å². The van der Waals surface area contributed by atoms with Crippen molar-refractivity contribution in [3.05, 3.63) is 215 Å². The van der Waals surface area contributed by atoms with Gasteiger partial charge >= 0.3 is 0 Å². The third-order valence-corrected chi connectivity index (χ3v) is 18.2. The summed E-state index contributed by atoms with van der Waals surface area (Å²) in [6.45, 7) is 19.9. The molecule has 0 aromatic heterocycles. The molecule has 0 aliphatic heterocycles. The minimum absolute atomic E-state index is 0.873. The molecule has 11 aromatic rings. The standard InChI is InChI=1S/C65H50S5/c1-6-31-66-46-21-11-41(12-22-46)51-36-57-53(43-15-25-48(26-16-43)68-33-8-3)38-59-55(45-19-29-50(30-20-45)70-35-10-5)40-60-54(44-17-27-49(28-18-44)69-34-9-4)39-58-52(42-13-23-47(24-14-42)67-32-7-2)37-56(51)61-62(57)64(59)65(60)63(58)61/h6-30,36-40H,1-5,31-35H2. The van der Waals surface area contributed by atoms with E-state index in [1.165, 1.54) is 134 Å². The average molecular weight is 991 g/mol. The fraction of sp³-hybridized carbons (Fsp3) is 0.0769. The Labute approximate surface area is 433 Å². The Morgan fingerprint density at radius 3 is 0.543 bits per heavy atom. The van der Waals surface area contributed by atoms with E-state index in [1.807, 2.05) is 89.2 Å². The molecule has 5 heteroatoms. The van der Waals surface area contributed by atoms with Gasteiger partial charge in [-0.2, -0.15) is 0 Å². The van der Waals surface area contributed by atoms with E-state index in [0.29, 0.717) is 0 Å². The lowest BCUT2D eigenvalue weighted by atomic mass is 9.86. The summed E-state index contributed by atoms with van der Waals surface area (Å²) in [7, 11) is 0. The Morgan fingerprint density at radius 1 is 0.243 bits per heavy atom. The Balaban J connectivity index is 1.29. The Morgan fingerprint density at radius 2 is 0.400 bits per heavy atom. The van der Waals surface area contributed by atoms with Gasteiger partial charge < -0.3 is 0 Å². The van der Waals surface area contributed by atoms with Crippen LogP contribution in [0.1, 0.15) is 0 Å². The molecule has 0 aliphatic carbocycles. The van der Waals surface area contributed by atoms with Gasteiger partial charge in [-0.15, -0.1) is 91.7 Å². The molecule has 0 saturated carbocycles. The topological polar surface area (TPSA) is 0 Å². The van der Waals surface area contributed by atoms with Crippen molar-refractivity contribution < 1.29 is 0 Å². The molecule has 0 nitrogen and oxygen atoms in total. The lowest BCUT2D eigenvalue weighted by molar-refractivity contribution is 1.45. The van der Waals surface area contributed by atoms with Crippen LogP contribution in [-0.2, 0) is 0 Å². The highest BCUT2D eigenvalue weighted by Crippen LogP contribution is 2.57. The Hall–Kier alpha value is -6.05. The predicted molar refractivity (Wildman–Crippen MR) is 319 cm³/mol. The second kappa shape index (κ2) is 20.4. The van der Waals surface area contributed by atoms with Crippen LogP contribution in [-0.4, -0.2) is 28.8 Å². The van der Waals surface area contributed by atoms with Crippen LogP contribution >= 0.6 is 58.8 Å². The van der Waals surface area contributed by atoms with E-state index in [9.17, 15) is 0 Å². The van der Waals surface area contributed by atoms with E-state index in [4.69, 9.17) is 0 Å². The molecule has 0 heterocycles. The van der Waals surface area contributed by atoms with Crippen LogP contribution in [0.2, 0.25) is 0 Å². The molecular weight excluding hydrogens is 941 g/mol. The first-order valence-electron chi connectivity index (χ1n) is 23.5. The normalized spacial score (nSPS) is 11.7. The van der Waals surface area contributed by atoms with Crippen molar-refractivity contribution in [2.24, 2.45) is 0 Å². The first-order valence-corrected chi connectivity index (χ1v) is 28.5. The molecule has 340 valence electrons. The summed E-state index contributed by atoms with van der Waals surface area (Å²) >= 11 is 9.09. The van der Waals surface area contributed by atoms with Crippen LogP contribution in [0.5, 0.6) is 0 Å². The molecule has 0 spiro atoms. The van der Waals surface area contributed by atoms with E-state index in [0.717, 1.165) is 28.8 Å². The molecule has 11 rings (SSSR count). The van der Waals surface area contributed by atoms with Crippen LogP contribution < -0.4 is 0 Å². The van der Waals surface area contributed by atoms with Crippen molar-refractivity contribution in [2.45, 2.75) is 24.5 Å². The van der Waals surface area contributed by atoms with Crippen molar-refractivity contribution in [3.8, 4) is 55.6 Å². The minimum atomic E-state index is 0.873. The van der Waals surface area contributed by atoms with E-state index in [-0.39, 0.29) is 0 Å². The van der Waals surface area contributed by atoms with E-state index >= 15 is 0 Å². The van der Waals surface area contributed by atoms with Crippen molar-refractivity contribution in [2.75, 3.05) is 28.8 Å². The van der Waals surface area contributed by atoms with Crippen molar-refractivity contribution in [1.82, 2.24) is 0 Å². The SMILES string of the molecule is C=CCSc1ccc(-c2cc3c(-c4ccc(SCC=C)cc4)cc4c(-c5ccc(SCC=C)cc5)cc5c(-c6ccc(SCC=C)cc6)cc6c(-c7ccc(SCC=C)cc7)cc2c2c6c5c4c32)cc1. The maximum absolute atomic E-state index is 3.98. The van der Waals surface area contributed by atoms with Crippen molar-refractivity contribution >= 4 is 113 Å². The zero-order valence-corrected chi connectivity index (χ0v) is 43.0. The fourth-order valence-corrected chi connectivity index (χ4v) is 13.3. The van der Waals surface area contributed by atoms with E-state index in [1.54, 1.807) is 0 Å². The van der Waals surface area contributed by atoms with Crippen LogP contribution in [0.25, 0.3) is 109 Å². The molecule has 0 N–H and O–H groups in total. The first kappa shape index (κ1) is 46.3. The maximum atomic E-state index is 3.98. The van der Waals surface area contributed by atoms with Gasteiger partial charge in [-0.1, -0.05) is 91.0 Å². The molecule has 0 saturated heterocycles. The van der Waals surface area contributed by atoms with Gasteiger partial charge in [0.05, 0.1) is 0 Å². The summed E-state index contributed by atoms with van der Waals surface area (Å²) in [6, 6.07) is 58.5. The number of hydrogen-bond acceptors (Lipinski definition) is 5. The summed E-state index contributed by atoms with van der Waals surface area (Å²) < 4.78 is 0. The predicted octanol–water partition coefficient (Wildman–Crippen LogP) is 20.5. The van der Waals surface area contributed by atoms with Gasteiger partial charge in [0.1, 0.15) is 0 Å². The highest BCUT2D eigenvalue weighted by molar-refractivity contribution is 8.00. The molecule has 0 aliphatic rings. The summed E-state index contributed by atoms with van der Waals surface area (Å²) in [5.41, 5.74) is 12.3. The van der Waals surface area contributed by atoms with Crippen molar-refractivity contribution in [1.29, 1.82) is 0 Å². The lowest BCUT2D eigenvalue weighted by Crippen LogP contribution is -1.90. The molecule has 0 radical (unpaired) electrons. The maximum Gasteiger partial charge on any atom is 0.0158 e. The zero-order chi connectivity index (χ0) is 47.7. The highest BCUT2D eigenvalue weighted by atomic mass is 32.2. The average Bonchev–Trinajstić information content (AvgIpc) is 3.78. The fourth-order valence-electron chi connectivity index (χ4n) is 10.1. The van der Waals surface area contributed by atoms with Gasteiger partial charge in [-0.3, -0.25) is 0 Å². The molecule has 0 bridgehead atoms. The molecule has 0 unspecified atom stereocenters. The van der Waals surface area contributed by atoms with Crippen molar-refractivity contribution in [3.63, 3.8) is 0 Å². The van der Waals surface area contributed by atoms with Crippen LogP contribution in [0.3, 0.4) is 0 Å². The van der Waals surface area contributed by atoms with Gasteiger partial charge in [0, 0.05) is 53.2 Å². The minimum Gasteiger partial charge on any atom is -0.122 e. The second-order valence-electron chi connectivity index (χ2n) is 17.4. The summed E-state index contributed by atoms with van der Waals surface area (Å²) in [5.74, 6) is 4.36. The third-order valence-electron chi connectivity index (χ3n) is 13.2. The molecule has 0 atom stereocenters. The number of benzene rings is 10. The Bertz CT molecular complexity index is 3100. The van der Waals surface area contributed by atoms with Gasteiger partial charge in [-0.05, 0) is 200 Å². The Kier molecular flexibility index (Phi) is 13.5. The number of thioether (sulfide) groups is 5. The second-order valence-corrected chi connectivity index (χ2v) is 22.8. The van der Waals surface area contributed by atoms with Crippen LogP contribution in [0, 0.1) is 0 Å².